The van der Waals surface area contributed by atoms with E-state index in [0.717, 1.165) is 16.1 Å². The standard InChI is InChI=1S/C12H7Cl2/c13-10-7-5-9(6-8-10)11-3-1-2-4-12(11)14/h1-3,5-8H. The van der Waals surface area contributed by atoms with Crippen molar-refractivity contribution in [2.24, 2.45) is 0 Å². The van der Waals surface area contributed by atoms with Crippen molar-refractivity contribution in [1.82, 2.24) is 0 Å². The molecule has 2 rings (SSSR count). The van der Waals surface area contributed by atoms with Gasteiger partial charge in [-0.15, -0.1) is 0 Å². The Labute approximate surface area is 93.1 Å². The van der Waals surface area contributed by atoms with E-state index in [1.165, 1.54) is 0 Å². The minimum atomic E-state index is 0.634. The molecule has 0 saturated carbocycles. The van der Waals surface area contributed by atoms with Crippen LogP contribution < -0.4 is 0 Å². The van der Waals surface area contributed by atoms with E-state index < -0.39 is 0 Å². The SMILES string of the molecule is Clc1ccc(-c2ccc[c]c2Cl)cc1. The first kappa shape index (κ1) is 9.57. The van der Waals surface area contributed by atoms with Gasteiger partial charge in [0.25, 0.3) is 0 Å². The normalized spacial score (nSPS) is 10.1. The highest BCUT2D eigenvalue weighted by Gasteiger charge is 2.01. The van der Waals surface area contributed by atoms with Crippen molar-refractivity contribution in [1.29, 1.82) is 0 Å². The molecule has 0 saturated heterocycles. The third-order valence-corrected chi connectivity index (χ3v) is 2.53. The minimum Gasteiger partial charge on any atom is -0.0843 e. The van der Waals surface area contributed by atoms with Gasteiger partial charge in [-0.2, -0.15) is 0 Å². The van der Waals surface area contributed by atoms with Crippen LogP contribution in [0.2, 0.25) is 10.0 Å². The van der Waals surface area contributed by atoms with Crippen molar-refractivity contribution in [2.45, 2.75) is 0 Å². The Hall–Kier alpha value is -0.980. The van der Waals surface area contributed by atoms with Crippen LogP contribution in [-0.2, 0) is 0 Å². The second-order valence-electron chi connectivity index (χ2n) is 2.90. The van der Waals surface area contributed by atoms with E-state index in [2.05, 4.69) is 6.07 Å². The molecule has 69 valence electrons. The molecule has 0 bridgehead atoms. The van der Waals surface area contributed by atoms with E-state index >= 15 is 0 Å². The van der Waals surface area contributed by atoms with Crippen LogP contribution in [0.25, 0.3) is 11.1 Å². The predicted molar refractivity (Wildman–Crippen MR) is 60.7 cm³/mol. The number of hydrogen-bond donors (Lipinski definition) is 0. The first-order chi connectivity index (χ1) is 6.77. The highest BCUT2D eigenvalue weighted by Crippen LogP contribution is 2.27. The van der Waals surface area contributed by atoms with E-state index in [1.54, 1.807) is 6.07 Å². The first-order valence-electron chi connectivity index (χ1n) is 4.19. The van der Waals surface area contributed by atoms with Crippen LogP contribution in [0.5, 0.6) is 0 Å². The Morgan fingerprint density at radius 3 is 2.29 bits per heavy atom. The summed E-state index contributed by atoms with van der Waals surface area (Å²) in [7, 11) is 0. The molecule has 0 amide bonds. The topological polar surface area (TPSA) is 0 Å². The number of rotatable bonds is 1. The lowest BCUT2D eigenvalue weighted by molar-refractivity contribution is 1.61. The molecule has 0 N–H and O–H groups in total. The van der Waals surface area contributed by atoms with Crippen molar-refractivity contribution < 1.29 is 0 Å². The molecule has 0 heterocycles. The highest BCUT2D eigenvalue weighted by molar-refractivity contribution is 6.33. The van der Waals surface area contributed by atoms with Crippen LogP contribution in [0, 0.1) is 6.07 Å². The average molecular weight is 222 g/mol. The zero-order valence-electron chi connectivity index (χ0n) is 7.30. The zero-order chi connectivity index (χ0) is 9.97. The smallest absolute Gasteiger partial charge is 0.0563 e. The fraction of sp³-hybridized carbons (Fsp3) is 0. The lowest BCUT2D eigenvalue weighted by Gasteiger charge is -2.03. The summed E-state index contributed by atoms with van der Waals surface area (Å²) in [5.74, 6) is 0. The molecule has 0 aromatic heterocycles. The lowest BCUT2D eigenvalue weighted by atomic mass is 10.1. The van der Waals surface area contributed by atoms with Crippen LogP contribution in [0.15, 0.2) is 42.5 Å². The molecule has 0 spiro atoms. The molecule has 2 aromatic rings. The van der Waals surface area contributed by atoms with Crippen molar-refractivity contribution >= 4 is 23.2 Å². The molecule has 0 aliphatic heterocycles. The monoisotopic (exact) mass is 221 g/mol. The number of hydrogen-bond acceptors (Lipinski definition) is 0. The van der Waals surface area contributed by atoms with Crippen LogP contribution in [-0.4, -0.2) is 0 Å². The molecular weight excluding hydrogens is 215 g/mol. The van der Waals surface area contributed by atoms with Gasteiger partial charge in [0.2, 0.25) is 0 Å². The molecule has 0 unspecified atom stereocenters. The Bertz CT molecular complexity index is 432. The quantitative estimate of drug-likeness (QED) is 0.668. The minimum absolute atomic E-state index is 0.634. The zero-order valence-corrected chi connectivity index (χ0v) is 8.81. The Morgan fingerprint density at radius 1 is 0.929 bits per heavy atom. The summed E-state index contributed by atoms with van der Waals surface area (Å²) in [5.41, 5.74) is 2.03. The third kappa shape index (κ3) is 1.92. The van der Waals surface area contributed by atoms with Crippen molar-refractivity contribution in [3.63, 3.8) is 0 Å². The van der Waals surface area contributed by atoms with Gasteiger partial charge in [-0.05, 0) is 17.7 Å². The van der Waals surface area contributed by atoms with E-state index in [4.69, 9.17) is 23.2 Å². The maximum Gasteiger partial charge on any atom is 0.0563 e. The first-order valence-corrected chi connectivity index (χ1v) is 4.95. The number of halogens is 2. The molecule has 14 heavy (non-hydrogen) atoms. The summed E-state index contributed by atoms with van der Waals surface area (Å²) in [6.45, 7) is 0. The number of benzene rings is 2. The summed E-state index contributed by atoms with van der Waals surface area (Å²) < 4.78 is 0. The molecule has 2 heteroatoms. The van der Waals surface area contributed by atoms with Crippen molar-refractivity contribution in [2.75, 3.05) is 0 Å². The second-order valence-corrected chi connectivity index (χ2v) is 3.72. The second kappa shape index (κ2) is 4.04. The fourth-order valence-electron chi connectivity index (χ4n) is 1.27. The molecule has 0 aliphatic rings. The molecule has 2 aromatic carbocycles. The van der Waals surface area contributed by atoms with Crippen LogP contribution in [0.4, 0.5) is 0 Å². The van der Waals surface area contributed by atoms with Crippen molar-refractivity contribution in [3.05, 3.63) is 58.6 Å². The van der Waals surface area contributed by atoms with E-state index in [0.29, 0.717) is 5.02 Å². The van der Waals surface area contributed by atoms with Crippen LogP contribution in [0.3, 0.4) is 0 Å². The Balaban J connectivity index is 2.50. The van der Waals surface area contributed by atoms with Gasteiger partial charge in [0, 0.05) is 16.7 Å². The van der Waals surface area contributed by atoms with Gasteiger partial charge in [0.05, 0.1) is 5.02 Å². The van der Waals surface area contributed by atoms with E-state index in [1.807, 2.05) is 36.4 Å². The van der Waals surface area contributed by atoms with E-state index in [9.17, 15) is 0 Å². The maximum atomic E-state index is 6.01. The van der Waals surface area contributed by atoms with Gasteiger partial charge in [-0.3, -0.25) is 0 Å². The van der Waals surface area contributed by atoms with Crippen LogP contribution >= 0.6 is 23.2 Å². The fourth-order valence-corrected chi connectivity index (χ4v) is 1.63. The molecule has 0 aliphatic carbocycles. The average Bonchev–Trinajstić information content (AvgIpc) is 2.20. The summed E-state index contributed by atoms with van der Waals surface area (Å²) >= 11 is 11.8. The third-order valence-electron chi connectivity index (χ3n) is 1.96. The van der Waals surface area contributed by atoms with Gasteiger partial charge in [0.1, 0.15) is 0 Å². The largest absolute Gasteiger partial charge is 0.0843 e. The Morgan fingerprint density at radius 2 is 1.64 bits per heavy atom. The summed E-state index contributed by atoms with van der Waals surface area (Å²) in [6, 6.07) is 16.2. The lowest BCUT2D eigenvalue weighted by Crippen LogP contribution is -1.78. The van der Waals surface area contributed by atoms with Gasteiger partial charge < -0.3 is 0 Å². The molecule has 0 fully saturated rings. The highest BCUT2D eigenvalue weighted by atomic mass is 35.5. The van der Waals surface area contributed by atoms with Gasteiger partial charge in [0.15, 0.2) is 0 Å². The maximum absolute atomic E-state index is 6.01. The summed E-state index contributed by atoms with van der Waals surface area (Å²) in [5, 5.41) is 1.36. The van der Waals surface area contributed by atoms with Crippen LogP contribution in [0.1, 0.15) is 0 Å². The van der Waals surface area contributed by atoms with Gasteiger partial charge in [-0.1, -0.05) is 53.5 Å². The Kier molecular flexibility index (Phi) is 2.76. The van der Waals surface area contributed by atoms with Crippen molar-refractivity contribution in [3.8, 4) is 11.1 Å². The summed E-state index contributed by atoms with van der Waals surface area (Å²) in [4.78, 5) is 0. The van der Waals surface area contributed by atoms with Gasteiger partial charge >= 0.3 is 0 Å². The van der Waals surface area contributed by atoms with E-state index in [-0.39, 0.29) is 0 Å². The summed E-state index contributed by atoms with van der Waals surface area (Å²) in [6.07, 6.45) is 0. The molecule has 0 atom stereocenters. The predicted octanol–water partition coefficient (Wildman–Crippen LogP) is 4.46. The van der Waals surface area contributed by atoms with Gasteiger partial charge in [-0.25, -0.2) is 0 Å². The molecule has 0 nitrogen and oxygen atoms in total. The molecule has 1 radical (unpaired) electrons. The molecular formula is C12H7Cl2.